The number of sulfonamides is 1. The van der Waals surface area contributed by atoms with E-state index < -0.39 is 15.8 Å². The van der Waals surface area contributed by atoms with Gasteiger partial charge in [-0.25, -0.2) is 12.8 Å². The third-order valence-corrected chi connectivity index (χ3v) is 7.21. The molecule has 2 aromatic carbocycles. The SMILES string of the molecule is N#Cc1ccc(NC(=O)C2CCN(S(=O)(=O)c3ccc(F)c(Cl)c3)CC2)cc1Cl. The van der Waals surface area contributed by atoms with Gasteiger partial charge in [0.1, 0.15) is 11.9 Å². The minimum absolute atomic E-state index is 0.0842. The highest BCUT2D eigenvalue weighted by Gasteiger charge is 2.32. The second-order valence-corrected chi connectivity index (χ2v) is 9.30. The van der Waals surface area contributed by atoms with Crippen molar-refractivity contribution in [2.24, 2.45) is 5.92 Å². The van der Waals surface area contributed by atoms with Crippen molar-refractivity contribution >= 4 is 44.8 Å². The maximum atomic E-state index is 13.3. The molecule has 0 bridgehead atoms. The van der Waals surface area contributed by atoms with E-state index in [-0.39, 0.29) is 39.9 Å². The molecule has 0 aromatic heterocycles. The molecular formula is C19H16Cl2FN3O3S. The van der Waals surface area contributed by atoms with Gasteiger partial charge in [-0.1, -0.05) is 23.2 Å². The van der Waals surface area contributed by atoms with Gasteiger partial charge >= 0.3 is 0 Å². The molecule has 152 valence electrons. The van der Waals surface area contributed by atoms with Crippen molar-refractivity contribution in [3.63, 3.8) is 0 Å². The van der Waals surface area contributed by atoms with Crippen LogP contribution in [0.3, 0.4) is 0 Å². The number of nitriles is 1. The minimum Gasteiger partial charge on any atom is -0.326 e. The van der Waals surface area contributed by atoms with Crippen molar-refractivity contribution in [1.82, 2.24) is 4.31 Å². The molecule has 2 aromatic rings. The molecule has 10 heteroatoms. The summed E-state index contributed by atoms with van der Waals surface area (Å²) in [4.78, 5) is 12.4. The summed E-state index contributed by atoms with van der Waals surface area (Å²) in [5.74, 6) is -1.30. The number of anilines is 1. The highest BCUT2D eigenvalue weighted by Crippen LogP contribution is 2.27. The maximum Gasteiger partial charge on any atom is 0.243 e. The Balaban J connectivity index is 1.63. The number of hydrogen-bond donors (Lipinski definition) is 1. The zero-order valence-electron chi connectivity index (χ0n) is 15.0. The Morgan fingerprint density at radius 3 is 2.41 bits per heavy atom. The van der Waals surface area contributed by atoms with Gasteiger partial charge in [0.2, 0.25) is 15.9 Å². The molecule has 0 radical (unpaired) electrons. The summed E-state index contributed by atoms with van der Waals surface area (Å²) in [6.07, 6.45) is 0.675. The second-order valence-electron chi connectivity index (χ2n) is 6.55. The number of benzene rings is 2. The summed E-state index contributed by atoms with van der Waals surface area (Å²) in [5, 5.41) is 11.6. The van der Waals surface area contributed by atoms with Crippen molar-refractivity contribution in [3.05, 3.63) is 57.8 Å². The van der Waals surface area contributed by atoms with Crippen molar-refractivity contribution in [3.8, 4) is 6.07 Å². The van der Waals surface area contributed by atoms with E-state index in [1.807, 2.05) is 6.07 Å². The number of carbonyl (C=O) groups excluding carboxylic acids is 1. The Morgan fingerprint density at radius 2 is 1.83 bits per heavy atom. The van der Waals surface area contributed by atoms with Gasteiger partial charge in [-0.15, -0.1) is 0 Å². The molecule has 1 amide bonds. The van der Waals surface area contributed by atoms with Crippen LogP contribution in [0.1, 0.15) is 18.4 Å². The number of halogens is 3. The van der Waals surface area contributed by atoms with Gasteiger partial charge in [-0.2, -0.15) is 9.57 Å². The highest BCUT2D eigenvalue weighted by molar-refractivity contribution is 7.89. The van der Waals surface area contributed by atoms with Crippen molar-refractivity contribution in [1.29, 1.82) is 5.26 Å². The van der Waals surface area contributed by atoms with Crippen LogP contribution in [0.4, 0.5) is 10.1 Å². The van der Waals surface area contributed by atoms with Crippen LogP contribution in [-0.4, -0.2) is 31.7 Å². The second kappa shape index (κ2) is 8.67. The molecule has 1 fully saturated rings. The molecule has 3 rings (SSSR count). The van der Waals surface area contributed by atoms with Crippen LogP contribution in [0.15, 0.2) is 41.3 Å². The lowest BCUT2D eigenvalue weighted by Gasteiger charge is -2.30. The molecule has 0 spiro atoms. The lowest BCUT2D eigenvalue weighted by atomic mass is 9.97. The number of amides is 1. The van der Waals surface area contributed by atoms with Gasteiger partial charge in [0.05, 0.1) is 20.5 Å². The number of carbonyl (C=O) groups is 1. The molecule has 1 heterocycles. The highest BCUT2D eigenvalue weighted by atomic mass is 35.5. The fourth-order valence-electron chi connectivity index (χ4n) is 3.07. The van der Waals surface area contributed by atoms with Crippen molar-refractivity contribution in [2.75, 3.05) is 18.4 Å². The van der Waals surface area contributed by atoms with Crippen LogP contribution in [0.5, 0.6) is 0 Å². The Labute approximate surface area is 177 Å². The minimum atomic E-state index is -3.82. The smallest absolute Gasteiger partial charge is 0.243 e. The number of hydrogen-bond acceptors (Lipinski definition) is 4. The monoisotopic (exact) mass is 455 g/mol. The Hall–Kier alpha value is -2.18. The predicted octanol–water partition coefficient (Wildman–Crippen LogP) is 4.04. The molecule has 29 heavy (non-hydrogen) atoms. The van der Waals surface area contributed by atoms with Gasteiger partial charge in [-0.3, -0.25) is 4.79 Å². The fourth-order valence-corrected chi connectivity index (χ4v) is 5.04. The quantitative estimate of drug-likeness (QED) is 0.752. The topological polar surface area (TPSA) is 90.3 Å². The maximum absolute atomic E-state index is 13.3. The van der Waals surface area contributed by atoms with Crippen molar-refractivity contribution < 1.29 is 17.6 Å². The summed E-state index contributed by atoms with van der Waals surface area (Å²) in [5.41, 5.74) is 0.777. The average Bonchev–Trinajstić information content (AvgIpc) is 2.70. The zero-order valence-corrected chi connectivity index (χ0v) is 17.4. The predicted molar refractivity (Wildman–Crippen MR) is 108 cm³/mol. The Bertz CT molecular complexity index is 1090. The normalized spacial score (nSPS) is 15.7. The molecular weight excluding hydrogens is 440 g/mol. The van der Waals surface area contributed by atoms with E-state index in [0.29, 0.717) is 24.1 Å². The number of piperidine rings is 1. The van der Waals surface area contributed by atoms with Crippen molar-refractivity contribution in [2.45, 2.75) is 17.7 Å². The summed E-state index contributed by atoms with van der Waals surface area (Å²) in [6.45, 7) is 0.313. The van der Waals surface area contributed by atoms with E-state index in [2.05, 4.69) is 5.32 Å². The third kappa shape index (κ3) is 4.70. The lowest BCUT2D eigenvalue weighted by molar-refractivity contribution is -0.120. The van der Waals surface area contributed by atoms with Crippen LogP contribution < -0.4 is 5.32 Å². The molecule has 0 saturated carbocycles. The summed E-state index contributed by atoms with van der Waals surface area (Å²) in [7, 11) is -3.82. The number of nitrogens with one attached hydrogen (secondary N) is 1. The lowest BCUT2D eigenvalue weighted by Crippen LogP contribution is -2.41. The molecule has 0 atom stereocenters. The summed E-state index contributed by atoms with van der Waals surface area (Å²) in [6, 6.07) is 9.80. The largest absolute Gasteiger partial charge is 0.326 e. The van der Waals surface area contributed by atoms with E-state index >= 15 is 0 Å². The average molecular weight is 456 g/mol. The third-order valence-electron chi connectivity index (χ3n) is 4.71. The van der Waals surface area contributed by atoms with E-state index in [0.717, 1.165) is 12.1 Å². The molecule has 1 N–H and O–H groups in total. The van der Waals surface area contributed by atoms with E-state index in [4.69, 9.17) is 28.5 Å². The van der Waals surface area contributed by atoms with Gasteiger partial charge in [0, 0.05) is 24.7 Å². The number of nitrogens with zero attached hydrogens (tertiary/aromatic N) is 2. The van der Waals surface area contributed by atoms with Crippen LogP contribution in [0.25, 0.3) is 0 Å². The van der Waals surface area contributed by atoms with Gasteiger partial charge in [0.15, 0.2) is 0 Å². The first-order valence-electron chi connectivity index (χ1n) is 8.68. The standard InChI is InChI=1S/C19H16Cl2FN3O3S/c20-16-9-14(2-1-13(16)11-23)24-19(26)12-5-7-25(8-6-12)29(27,28)15-3-4-18(22)17(21)10-15/h1-4,9-10,12H,5-8H2,(H,24,26). The van der Waals surface area contributed by atoms with Crippen LogP contribution in [0, 0.1) is 23.1 Å². The molecule has 0 aliphatic carbocycles. The van der Waals surface area contributed by atoms with Gasteiger partial charge < -0.3 is 5.32 Å². The van der Waals surface area contributed by atoms with Crippen LogP contribution in [0.2, 0.25) is 10.0 Å². The van der Waals surface area contributed by atoms with E-state index in [1.165, 1.54) is 22.5 Å². The first kappa shape index (κ1) is 21.5. The number of rotatable bonds is 4. The van der Waals surface area contributed by atoms with E-state index in [1.54, 1.807) is 6.07 Å². The molecule has 1 aliphatic rings. The first-order valence-corrected chi connectivity index (χ1v) is 10.9. The zero-order chi connectivity index (χ0) is 21.2. The molecule has 1 saturated heterocycles. The molecule has 0 unspecified atom stereocenters. The Morgan fingerprint density at radius 1 is 1.14 bits per heavy atom. The molecule has 6 nitrogen and oxygen atoms in total. The molecule has 1 aliphatic heterocycles. The fraction of sp³-hybridized carbons (Fsp3) is 0.263. The first-order chi connectivity index (χ1) is 13.7. The van der Waals surface area contributed by atoms with Gasteiger partial charge in [-0.05, 0) is 49.2 Å². The summed E-state index contributed by atoms with van der Waals surface area (Å²) >= 11 is 11.7. The van der Waals surface area contributed by atoms with Gasteiger partial charge in [0.25, 0.3) is 0 Å². The summed E-state index contributed by atoms with van der Waals surface area (Å²) < 4.78 is 40.0. The van der Waals surface area contributed by atoms with Crippen LogP contribution in [-0.2, 0) is 14.8 Å². The van der Waals surface area contributed by atoms with E-state index in [9.17, 15) is 17.6 Å². The Kier molecular flexibility index (Phi) is 6.44. The van der Waals surface area contributed by atoms with Crippen LogP contribution >= 0.6 is 23.2 Å².